The van der Waals surface area contributed by atoms with Gasteiger partial charge in [-0.15, -0.1) is 0 Å². The Morgan fingerprint density at radius 1 is 1.22 bits per heavy atom. The van der Waals surface area contributed by atoms with E-state index in [0.717, 1.165) is 10.9 Å². The average Bonchev–Trinajstić information content (AvgIpc) is 2.93. The monoisotopic (exact) mass is 250 g/mol. The lowest BCUT2D eigenvalue weighted by Crippen LogP contribution is -2.33. The molecule has 6 heteroatoms. The van der Waals surface area contributed by atoms with Gasteiger partial charge in [-0.2, -0.15) is 5.10 Å². The van der Waals surface area contributed by atoms with E-state index in [-0.39, 0.29) is 6.61 Å². The van der Waals surface area contributed by atoms with Crippen molar-refractivity contribution in [2.24, 2.45) is 0 Å². The molecule has 1 unspecified atom stereocenters. The topological polar surface area (TPSA) is 87.7 Å². The first-order valence-corrected chi connectivity index (χ1v) is 5.77. The molecule has 96 valence electrons. The van der Waals surface area contributed by atoms with Gasteiger partial charge in [0.1, 0.15) is 18.3 Å². The van der Waals surface area contributed by atoms with Crippen LogP contribution in [0.2, 0.25) is 0 Å². The van der Waals surface area contributed by atoms with E-state index in [2.05, 4.69) is 5.10 Å². The fourth-order valence-electron chi connectivity index (χ4n) is 2.28. The second-order valence-electron chi connectivity index (χ2n) is 4.38. The minimum atomic E-state index is -1.11. The Balaban J connectivity index is 2.00. The zero-order valence-corrected chi connectivity index (χ0v) is 9.55. The normalized spacial score (nSPS) is 32.2. The average molecular weight is 250 g/mol. The second-order valence-corrected chi connectivity index (χ2v) is 4.38. The fourth-order valence-corrected chi connectivity index (χ4v) is 2.28. The Morgan fingerprint density at radius 2 is 2.00 bits per heavy atom. The highest BCUT2D eigenvalue weighted by Gasteiger charge is 2.44. The van der Waals surface area contributed by atoms with E-state index in [1.807, 2.05) is 24.3 Å². The Hall–Kier alpha value is -1.47. The Labute approximate surface area is 103 Å². The number of para-hydroxylation sites is 1. The summed E-state index contributed by atoms with van der Waals surface area (Å²) in [6.07, 6.45) is -2.11. The van der Waals surface area contributed by atoms with Crippen molar-refractivity contribution in [1.82, 2.24) is 9.78 Å². The van der Waals surface area contributed by atoms with Crippen molar-refractivity contribution < 1.29 is 20.1 Å². The van der Waals surface area contributed by atoms with Crippen LogP contribution in [0.25, 0.3) is 10.9 Å². The Bertz CT molecular complexity index is 556. The number of nitrogens with zero attached hydrogens (tertiary/aromatic N) is 2. The van der Waals surface area contributed by atoms with Crippen molar-refractivity contribution in [1.29, 1.82) is 0 Å². The zero-order chi connectivity index (χ0) is 12.7. The number of hydrogen-bond acceptors (Lipinski definition) is 5. The predicted molar refractivity (Wildman–Crippen MR) is 62.7 cm³/mol. The zero-order valence-electron chi connectivity index (χ0n) is 9.55. The van der Waals surface area contributed by atoms with Crippen LogP contribution < -0.4 is 0 Å². The smallest absolute Gasteiger partial charge is 0.179 e. The number of aromatic nitrogens is 2. The summed E-state index contributed by atoms with van der Waals surface area (Å²) in [6.45, 7) is -0.339. The lowest BCUT2D eigenvalue weighted by molar-refractivity contribution is -0.0564. The number of aliphatic hydroxyl groups is 3. The standard InChI is InChI=1S/C12H14N2O4/c15-6-9-10(16)11(17)12(18-9)14-8-4-2-1-3-7(8)5-13-14/h1-5,9-12,15-17H,6H2/t9-,10-,11-,12?/m1/s1. The third kappa shape index (κ3) is 1.62. The van der Waals surface area contributed by atoms with Crippen LogP contribution in [0.15, 0.2) is 30.5 Å². The minimum absolute atomic E-state index is 0.339. The molecule has 2 heterocycles. The summed E-state index contributed by atoms with van der Waals surface area (Å²) in [7, 11) is 0. The van der Waals surface area contributed by atoms with Gasteiger partial charge in [0.05, 0.1) is 18.3 Å². The summed E-state index contributed by atoms with van der Waals surface area (Å²) in [5.41, 5.74) is 0.812. The summed E-state index contributed by atoms with van der Waals surface area (Å²) in [4.78, 5) is 0. The summed E-state index contributed by atoms with van der Waals surface area (Å²) < 4.78 is 6.96. The van der Waals surface area contributed by atoms with E-state index < -0.39 is 24.5 Å². The molecule has 1 fully saturated rings. The van der Waals surface area contributed by atoms with Gasteiger partial charge >= 0.3 is 0 Å². The van der Waals surface area contributed by atoms with Gasteiger partial charge in [0, 0.05) is 5.39 Å². The molecule has 3 rings (SSSR count). The first-order chi connectivity index (χ1) is 8.72. The second kappa shape index (κ2) is 4.33. The van der Waals surface area contributed by atoms with E-state index in [9.17, 15) is 10.2 Å². The van der Waals surface area contributed by atoms with Gasteiger partial charge in [-0.3, -0.25) is 0 Å². The number of rotatable bonds is 2. The third-order valence-electron chi connectivity index (χ3n) is 3.26. The van der Waals surface area contributed by atoms with Gasteiger partial charge in [-0.1, -0.05) is 18.2 Å². The Kier molecular flexibility index (Phi) is 2.79. The largest absolute Gasteiger partial charge is 0.394 e. The number of benzene rings is 1. The highest BCUT2D eigenvalue weighted by atomic mass is 16.6. The van der Waals surface area contributed by atoms with Crippen LogP contribution >= 0.6 is 0 Å². The van der Waals surface area contributed by atoms with Crippen LogP contribution in [-0.4, -0.2) is 50.0 Å². The molecule has 6 nitrogen and oxygen atoms in total. The molecule has 0 bridgehead atoms. The fraction of sp³-hybridized carbons (Fsp3) is 0.417. The molecule has 0 saturated carbocycles. The summed E-state index contributed by atoms with van der Waals surface area (Å²) >= 11 is 0. The maximum Gasteiger partial charge on any atom is 0.179 e. The molecule has 0 aliphatic carbocycles. The maximum atomic E-state index is 9.94. The maximum absolute atomic E-state index is 9.94. The minimum Gasteiger partial charge on any atom is -0.394 e. The van der Waals surface area contributed by atoms with Gasteiger partial charge in [0.15, 0.2) is 6.23 Å². The molecular weight excluding hydrogens is 236 g/mol. The van der Waals surface area contributed by atoms with Gasteiger partial charge in [-0.25, -0.2) is 4.68 Å². The molecule has 0 spiro atoms. The molecule has 4 atom stereocenters. The quantitative estimate of drug-likeness (QED) is 0.678. The van der Waals surface area contributed by atoms with Gasteiger partial charge in [0.25, 0.3) is 0 Å². The Morgan fingerprint density at radius 3 is 2.72 bits per heavy atom. The number of aliphatic hydroxyl groups excluding tert-OH is 3. The SMILES string of the molecule is OC[C@H]1OC(n2ncc3ccccc32)[C@H](O)[C@@H]1O. The van der Waals surface area contributed by atoms with Gasteiger partial charge in [0.2, 0.25) is 0 Å². The molecule has 3 N–H and O–H groups in total. The molecule has 1 aliphatic heterocycles. The van der Waals surface area contributed by atoms with Crippen LogP contribution in [0.3, 0.4) is 0 Å². The van der Waals surface area contributed by atoms with Crippen LogP contribution in [0.1, 0.15) is 6.23 Å². The van der Waals surface area contributed by atoms with Crippen molar-refractivity contribution in [2.75, 3.05) is 6.61 Å². The van der Waals surface area contributed by atoms with Crippen LogP contribution in [-0.2, 0) is 4.74 Å². The number of fused-ring (bicyclic) bond motifs is 1. The van der Waals surface area contributed by atoms with Crippen molar-refractivity contribution in [3.8, 4) is 0 Å². The first kappa shape index (κ1) is 11.6. The van der Waals surface area contributed by atoms with Gasteiger partial charge in [-0.05, 0) is 6.07 Å². The summed E-state index contributed by atoms with van der Waals surface area (Å²) in [5, 5.41) is 33.8. The van der Waals surface area contributed by atoms with E-state index in [4.69, 9.17) is 9.84 Å². The highest BCUT2D eigenvalue weighted by molar-refractivity contribution is 5.78. The molecule has 1 aromatic carbocycles. The van der Waals surface area contributed by atoms with E-state index in [1.165, 1.54) is 4.68 Å². The van der Waals surface area contributed by atoms with Crippen LogP contribution in [0, 0.1) is 0 Å². The highest BCUT2D eigenvalue weighted by Crippen LogP contribution is 2.31. The van der Waals surface area contributed by atoms with Crippen LogP contribution in [0.5, 0.6) is 0 Å². The third-order valence-corrected chi connectivity index (χ3v) is 3.26. The van der Waals surface area contributed by atoms with Crippen molar-refractivity contribution >= 4 is 10.9 Å². The molecule has 1 saturated heterocycles. The van der Waals surface area contributed by atoms with Crippen LogP contribution in [0.4, 0.5) is 0 Å². The molecule has 2 aromatic rings. The van der Waals surface area contributed by atoms with Gasteiger partial charge < -0.3 is 20.1 Å². The summed E-state index contributed by atoms with van der Waals surface area (Å²) in [6, 6.07) is 7.52. The van der Waals surface area contributed by atoms with Crippen molar-refractivity contribution in [3.63, 3.8) is 0 Å². The lowest BCUT2D eigenvalue weighted by Gasteiger charge is -2.16. The molecule has 18 heavy (non-hydrogen) atoms. The van der Waals surface area contributed by atoms with Crippen molar-refractivity contribution in [2.45, 2.75) is 24.5 Å². The number of hydrogen-bond donors (Lipinski definition) is 3. The molecule has 0 amide bonds. The predicted octanol–water partition coefficient (Wildman–Crippen LogP) is -0.352. The first-order valence-electron chi connectivity index (χ1n) is 5.77. The lowest BCUT2D eigenvalue weighted by atomic mass is 10.1. The van der Waals surface area contributed by atoms with E-state index in [1.54, 1.807) is 6.20 Å². The summed E-state index contributed by atoms with van der Waals surface area (Å²) in [5.74, 6) is 0. The molecule has 0 radical (unpaired) electrons. The van der Waals surface area contributed by atoms with Crippen molar-refractivity contribution in [3.05, 3.63) is 30.5 Å². The number of ether oxygens (including phenoxy) is 1. The van der Waals surface area contributed by atoms with E-state index in [0.29, 0.717) is 0 Å². The van der Waals surface area contributed by atoms with E-state index >= 15 is 0 Å². The molecule has 1 aliphatic rings. The molecule has 1 aromatic heterocycles. The molecular formula is C12H14N2O4.